The van der Waals surface area contributed by atoms with Crippen LogP contribution in [0.15, 0.2) is 18.2 Å². The minimum atomic E-state index is -0.834. The van der Waals surface area contributed by atoms with Gasteiger partial charge in [0.2, 0.25) is 0 Å². The zero-order valence-electron chi connectivity index (χ0n) is 9.72. The number of carbonyl (C=O) groups excluding carboxylic acids is 1. The van der Waals surface area contributed by atoms with Crippen molar-refractivity contribution in [3.8, 4) is 0 Å². The molecule has 0 saturated carbocycles. The number of ether oxygens (including phenoxy) is 1. The molecule has 0 bridgehead atoms. The summed E-state index contributed by atoms with van der Waals surface area (Å²) in [7, 11) is 0. The highest BCUT2D eigenvalue weighted by atomic mass is 35.5. The van der Waals surface area contributed by atoms with Crippen LogP contribution in [-0.4, -0.2) is 23.7 Å². The van der Waals surface area contributed by atoms with Crippen molar-refractivity contribution in [3.63, 3.8) is 0 Å². The van der Waals surface area contributed by atoms with Gasteiger partial charge in [-0.25, -0.2) is 4.79 Å². The lowest BCUT2D eigenvalue weighted by molar-refractivity contribution is -0.757. The summed E-state index contributed by atoms with van der Waals surface area (Å²) in [6, 6.07) is 4.86. The second-order valence-electron chi connectivity index (χ2n) is 3.50. The SMILES string of the molecule is Cc1cc(CCO[N+](=O)[O-])ccc1C(=O)OCCl. The predicted molar refractivity (Wildman–Crippen MR) is 64.0 cm³/mol. The van der Waals surface area contributed by atoms with Crippen LogP contribution in [0.1, 0.15) is 21.5 Å². The summed E-state index contributed by atoms with van der Waals surface area (Å²) in [5.74, 6) is -0.490. The third-order valence-corrected chi connectivity index (χ3v) is 2.39. The summed E-state index contributed by atoms with van der Waals surface area (Å²) in [4.78, 5) is 25.7. The lowest BCUT2D eigenvalue weighted by Gasteiger charge is -2.07. The Morgan fingerprint density at radius 2 is 2.22 bits per heavy atom. The number of esters is 1. The highest BCUT2D eigenvalue weighted by molar-refractivity contribution is 6.17. The molecule has 0 unspecified atom stereocenters. The molecule has 0 heterocycles. The second-order valence-corrected chi connectivity index (χ2v) is 3.72. The van der Waals surface area contributed by atoms with Crippen molar-refractivity contribution < 1.29 is 19.5 Å². The monoisotopic (exact) mass is 273 g/mol. The topological polar surface area (TPSA) is 78.7 Å². The van der Waals surface area contributed by atoms with Crippen molar-refractivity contribution >= 4 is 17.6 Å². The summed E-state index contributed by atoms with van der Waals surface area (Å²) in [5, 5.41) is 9.15. The van der Waals surface area contributed by atoms with Crippen LogP contribution in [0.25, 0.3) is 0 Å². The van der Waals surface area contributed by atoms with Crippen LogP contribution in [0.2, 0.25) is 0 Å². The van der Waals surface area contributed by atoms with Crippen molar-refractivity contribution in [3.05, 3.63) is 45.0 Å². The van der Waals surface area contributed by atoms with Gasteiger partial charge in [0.15, 0.2) is 6.07 Å². The molecule has 1 aromatic carbocycles. The van der Waals surface area contributed by atoms with Gasteiger partial charge in [0.05, 0.1) is 5.56 Å². The molecular weight excluding hydrogens is 262 g/mol. The molecule has 1 rings (SSSR count). The zero-order valence-corrected chi connectivity index (χ0v) is 10.5. The average Bonchev–Trinajstić information content (AvgIpc) is 2.28. The van der Waals surface area contributed by atoms with Gasteiger partial charge in [0.25, 0.3) is 5.09 Å². The van der Waals surface area contributed by atoms with Gasteiger partial charge in [-0.15, -0.1) is 10.1 Å². The molecule has 0 saturated heterocycles. The van der Waals surface area contributed by atoms with Gasteiger partial charge in [0, 0.05) is 0 Å². The molecule has 0 radical (unpaired) electrons. The van der Waals surface area contributed by atoms with E-state index in [0.29, 0.717) is 12.0 Å². The standard InChI is InChI=1S/C11H12ClNO5/c1-8-6-9(4-5-18-13(15)16)2-3-10(8)11(14)17-7-12/h2-3,6H,4-5,7H2,1H3. The van der Waals surface area contributed by atoms with Crippen LogP contribution in [0.4, 0.5) is 0 Å². The Bertz CT molecular complexity index is 449. The van der Waals surface area contributed by atoms with E-state index < -0.39 is 11.1 Å². The number of aryl methyl sites for hydroxylation is 1. The van der Waals surface area contributed by atoms with Crippen LogP contribution in [0.3, 0.4) is 0 Å². The lowest BCUT2D eigenvalue weighted by atomic mass is 10.0. The Morgan fingerprint density at radius 1 is 1.50 bits per heavy atom. The first-order valence-electron chi connectivity index (χ1n) is 5.14. The molecule has 0 aliphatic rings. The third kappa shape index (κ3) is 4.21. The molecular formula is C11H12ClNO5. The van der Waals surface area contributed by atoms with Gasteiger partial charge < -0.3 is 9.57 Å². The quantitative estimate of drug-likeness (QED) is 0.343. The van der Waals surface area contributed by atoms with Crippen LogP contribution in [0, 0.1) is 17.0 Å². The second kappa shape index (κ2) is 6.80. The van der Waals surface area contributed by atoms with Crippen LogP contribution >= 0.6 is 11.6 Å². The van der Waals surface area contributed by atoms with Gasteiger partial charge in [-0.1, -0.05) is 23.7 Å². The summed E-state index contributed by atoms with van der Waals surface area (Å²) in [5.41, 5.74) is 2.00. The van der Waals surface area contributed by atoms with E-state index in [-0.39, 0.29) is 12.7 Å². The normalized spacial score (nSPS) is 9.89. The number of nitrogens with zero attached hydrogens (tertiary/aromatic N) is 1. The maximum atomic E-state index is 11.5. The fraction of sp³-hybridized carbons (Fsp3) is 0.364. The Kier molecular flexibility index (Phi) is 5.38. The van der Waals surface area contributed by atoms with E-state index in [2.05, 4.69) is 9.57 Å². The lowest BCUT2D eigenvalue weighted by Crippen LogP contribution is -2.08. The molecule has 0 atom stereocenters. The van der Waals surface area contributed by atoms with Crippen LogP contribution in [0.5, 0.6) is 0 Å². The zero-order chi connectivity index (χ0) is 13.5. The number of hydrogen-bond donors (Lipinski definition) is 0. The highest BCUT2D eigenvalue weighted by Gasteiger charge is 2.10. The molecule has 0 spiro atoms. The summed E-state index contributed by atoms with van der Waals surface area (Å²) >= 11 is 5.30. The van der Waals surface area contributed by atoms with Crippen LogP contribution < -0.4 is 0 Å². The van der Waals surface area contributed by atoms with Crippen LogP contribution in [-0.2, 0) is 16.0 Å². The van der Waals surface area contributed by atoms with Gasteiger partial charge in [0.1, 0.15) is 6.61 Å². The largest absolute Gasteiger partial charge is 0.446 e. The molecule has 1 aromatic rings. The first-order chi connectivity index (χ1) is 8.54. The van der Waals surface area contributed by atoms with Crippen molar-refractivity contribution in [2.24, 2.45) is 0 Å². The molecule has 0 amide bonds. The molecule has 98 valence electrons. The highest BCUT2D eigenvalue weighted by Crippen LogP contribution is 2.13. The molecule has 0 fully saturated rings. The Balaban J connectivity index is 2.67. The maximum absolute atomic E-state index is 11.5. The summed E-state index contributed by atoms with van der Waals surface area (Å²) in [6.07, 6.45) is 0.395. The number of rotatable bonds is 6. The number of alkyl halides is 1. The number of benzene rings is 1. The van der Waals surface area contributed by atoms with Gasteiger partial charge in [-0.2, -0.15) is 0 Å². The smallest absolute Gasteiger partial charge is 0.339 e. The van der Waals surface area contributed by atoms with E-state index in [1.807, 2.05) is 0 Å². The average molecular weight is 274 g/mol. The Hall–Kier alpha value is -1.82. The van der Waals surface area contributed by atoms with E-state index in [0.717, 1.165) is 11.1 Å². The van der Waals surface area contributed by atoms with E-state index in [1.165, 1.54) is 0 Å². The van der Waals surface area contributed by atoms with Crippen molar-refractivity contribution in [1.82, 2.24) is 0 Å². The first-order valence-corrected chi connectivity index (χ1v) is 5.68. The van der Waals surface area contributed by atoms with Crippen molar-refractivity contribution in [1.29, 1.82) is 0 Å². The van der Waals surface area contributed by atoms with E-state index in [1.54, 1.807) is 25.1 Å². The minimum absolute atomic E-state index is 0.0160. The minimum Gasteiger partial charge on any atom is -0.446 e. The van der Waals surface area contributed by atoms with Gasteiger partial charge in [-0.3, -0.25) is 0 Å². The molecule has 0 N–H and O–H groups in total. The fourth-order valence-electron chi connectivity index (χ4n) is 1.48. The maximum Gasteiger partial charge on any atom is 0.339 e. The number of carbonyl (C=O) groups is 1. The molecule has 18 heavy (non-hydrogen) atoms. The van der Waals surface area contributed by atoms with E-state index in [4.69, 9.17) is 11.6 Å². The van der Waals surface area contributed by atoms with Gasteiger partial charge in [-0.05, 0) is 30.5 Å². The van der Waals surface area contributed by atoms with E-state index >= 15 is 0 Å². The van der Waals surface area contributed by atoms with E-state index in [9.17, 15) is 14.9 Å². The Labute approximate surface area is 109 Å². The van der Waals surface area contributed by atoms with Crippen molar-refractivity contribution in [2.45, 2.75) is 13.3 Å². The molecule has 0 aliphatic heterocycles. The number of hydrogen-bond acceptors (Lipinski definition) is 5. The third-order valence-electron chi connectivity index (χ3n) is 2.28. The number of halogens is 1. The summed E-state index contributed by atoms with van der Waals surface area (Å²) < 4.78 is 4.67. The molecule has 7 heteroatoms. The predicted octanol–water partition coefficient (Wildman–Crippen LogP) is 2.10. The fourth-order valence-corrected chi connectivity index (χ4v) is 1.57. The molecule has 6 nitrogen and oxygen atoms in total. The summed E-state index contributed by atoms with van der Waals surface area (Å²) in [6.45, 7) is 1.74. The molecule has 0 aliphatic carbocycles. The Morgan fingerprint density at radius 3 is 2.78 bits per heavy atom. The van der Waals surface area contributed by atoms with Crippen molar-refractivity contribution in [2.75, 3.05) is 12.7 Å². The first kappa shape index (κ1) is 14.2. The van der Waals surface area contributed by atoms with Gasteiger partial charge >= 0.3 is 5.97 Å². The molecule has 0 aromatic heterocycles.